The maximum atomic E-state index is 13.4. The smallest absolute Gasteiger partial charge is 0.256 e. The lowest BCUT2D eigenvalue weighted by atomic mass is 9.78. The summed E-state index contributed by atoms with van der Waals surface area (Å²) in [5, 5.41) is 4.02. The molecule has 3 rings (SSSR count). The van der Waals surface area contributed by atoms with Gasteiger partial charge in [-0.15, -0.1) is 0 Å². The Labute approximate surface area is 167 Å². The zero-order valence-corrected chi connectivity index (χ0v) is 17.5. The maximum absolute atomic E-state index is 13.4. The molecule has 1 aromatic heterocycles. The summed E-state index contributed by atoms with van der Waals surface area (Å²) in [6.45, 7) is 8.86. The molecule has 5 nitrogen and oxygen atoms in total. The van der Waals surface area contributed by atoms with Gasteiger partial charge >= 0.3 is 0 Å². The van der Waals surface area contributed by atoms with Crippen molar-refractivity contribution in [2.24, 2.45) is 5.92 Å². The van der Waals surface area contributed by atoms with Crippen LogP contribution in [-0.2, 0) is 9.53 Å². The predicted molar refractivity (Wildman–Crippen MR) is 113 cm³/mol. The molecule has 0 spiro atoms. The summed E-state index contributed by atoms with van der Waals surface area (Å²) in [5.74, 6) is 1.17. The van der Waals surface area contributed by atoms with Gasteiger partial charge in [0.2, 0.25) is 0 Å². The molecule has 0 radical (unpaired) electrons. The standard InChI is InChI=1S/C23H32N2O3/c1-5-14-27-23(12-6-8-17(4)15-23)22(26)25-19-10-11-20(28-16(2)3)21-18(19)9-7-13-24-21/h7,9-11,13,16-17H,5-6,8,12,14-15H2,1-4H3,(H,25,26). The quantitative estimate of drug-likeness (QED) is 0.700. The van der Waals surface area contributed by atoms with Crippen molar-refractivity contribution in [1.82, 2.24) is 4.98 Å². The second-order valence-electron chi connectivity index (χ2n) is 8.18. The Balaban J connectivity index is 1.91. The van der Waals surface area contributed by atoms with Gasteiger partial charge in [0, 0.05) is 18.2 Å². The Morgan fingerprint density at radius 1 is 1.36 bits per heavy atom. The number of rotatable bonds is 7. The second-order valence-corrected chi connectivity index (χ2v) is 8.18. The molecule has 1 saturated carbocycles. The third-order valence-corrected chi connectivity index (χ3v) is 5.30. The highest BCUT2D eigenvalue weighted by molar-refractivity contribution is 6.05. The van der Waals surface area contributed by atoms with E-state index in [1.807, 2.05) is 38.1 Å². The molecule has 28 heavy (non-hydrogen) atoms. The van der Waals surface area contributed by atoms with Gasteiger partial charge < -0.3 is 14.8 Å². The molecule has 2 unspecified atom stereocenters. The summed E-state index contributed by atoms with van der Waals surface area (Å²) in [5.41, 5.74) is 0.770. The van der Waals surface area contributed by atoms with Gasteiger partial charge in [-0.3, -0.25) is 9.78 Å². The first-order valence-corrected chi connectivity index (χ1v) is 10.4. The van der Waals surface area contributed by atoms with Gasteiger partial charge in [-0.05, 0) is 69.7 Å². The lowest BCUT2D eigenvalue weighted by Gasteiger charge is -2.38. The van der Waals surface area contributed by atoms with Gasteiger partial charge in [-0.1, -0.05) is 20.3 Å². The largest absolute Gasteiger partial charge is 0.489 e. The molecule has 1 aromatic carbocycles. The Hall–Kier alpha value is -2.14. The summed E-state index contributed by atoms with van der Waals surface area (Å²) >= 11 is 0. The van der Waals surface area contributed by atoms with Crippen LogP contribution in [0.4, 0.5) is 5.69 Å². The van der Waals surface area contributed by atoms with Crippen LogP contribution in [0.5, 0.6) is 5.75 Å². The van der Waals surface area contributed by atoms with Crippen molar-refractivity contribution in [3.05, 3.63) is 30.5 Å². The molecular weight excluding hydrogens is 352 g/mol. The molecule has 1 aliphatic carbocycles. The highest BCUT2D eigenvalue weighted by Crippen LogP contribution is 2.37. The number of carbonyl (C=O) groups excluding carboxylic acids is 1. The molecule has 1 heterocycles. The molecule has 1 fully saturated rings. The van der Waals surface area contributed by atoms with E-state index in [0.29, 0.717) is 12.5 Å². The van der Waals surface area contributed by atoms with Crippen LogP contribution in [0, 0.1) is 5.92 Å². The number of benzene rings is 1. The van der Waals surface area contributed by atoms with Gasteiger partial charge in [-0.2, -0.15) is 0 Å². The maximum Gasteiger partial charge on any atom is 0.256 e. The number of hydrogen-bond donors (Lipinski definition) is 1. The van der Waals surface area contributed by atoms with Crippen molar-refractivity contribution in [3.63, 3.8) is 0 Å². The number of nitrogens with zero attached hydrogens (tertiary/aromatic N) is 1. The van der Waals surface area contributed by atoms with Crippen molar-refractivity contribution in [2.75, 3.05) is 11.9 Å². The number of carbonyl (C=O) groups is 1. The van der Waals surface area contributed by atoms with Gasteiger partial charge in [0.1, 0.15) is 16.9 Å². The number of anilines is 1. The van der Waals surface area contributed by atoms with E-state index in [2.05, 4.69) is 24.1 Å². The number of ether oxygens (including phenoxy) is 2. The van der Waals surface area contributed by atoms with Gasteiger partial charge in [0.05, 0.1) is 11.8 Å². The third kappa shape index (κ3) is 4.46. The molecule has 0 saturated heterocycles. The monoisotopic (exact) mass is 384 g/mol. The molecule has 0 bridgehead atoms. The molecule has 1 amide bonds. The average molecular weight is 385 g/mol. The number of fused-ring (bicyclic) bond motifs is 1. The van der Waals surface area contributed by atoms with Gasteiger partial charge in [-0.25, -0.2) is 0 Å². The number of amides is 1. The number of hydrogen-bond acceptors (Lipinski definition) is 4. The van der Waals surface area contributed by atoms with E-state index in [9.17, 15) is 4.79 Å². The Kier molecular flexibility index (Phi) is 6.55. The Morgan fingerprint density at radius 3 is 2.89 bits per heavy atom. The molecule has 2 aromatic rings. The SMILES string of the molecule is CCCOC1(C(=O)Nc2ccc(OC(C)C)c3ncccc23)CCCC(C)C1. The Morgan fingerprint density at radius 2 is 2.18 bits per heavy atom. The number of aromatic nitrogens is 1. The fourth-order valence-corrected chi connectivity index (χ4v) is 4.04. The third-order valence-electron chi connectivity index (χ3n) is 5.30. The highest BCUT2D eigenvalue weighted by Gasteiger charge is 2.42. The van der Waals surface area contributed by atoms with Crippen LogP contribution >= 0.6 is 0 Å². The zero-order chi connectivity index (χ0) is 20.1. The Bertz CT molecular complexity index is 821. The van der Waals surface area contributed by atoms with E-state index in [-0.39, 0.29) is 12.0 Å². The van der Waals surface area contributed by atoms with Gasteiger partial charge in [0.25, 0.3) is 5.91 Å². The van der Waals surface area contributed by atoms with Crippen molar-refractivity contribution < 1.29 is 14.3 Å². The van der Waals surface area contributed by atoms with Crippen molar-refractivity contribution in [1.29, 1.82) is 0 Å². The summed E-state index contributed by atoms with van der Waals surface area (Å²) in [6.07, 6.45) is 6.41. The lowest BCUT2D eigenvalue weighted by Crippen LogP contribution is -2.48. The molecule has 1 aliphatic rings. The normalized spacial score (nSPS) is 22.4. The average Bonchev–Trinajstić information content (AvgIpc) is 2.68. The van der Waals surface area contributed by atoms with E-state index < -0.39 is 5.60 Å². The minimum Gasteiger partial charge on any atom is -0.489 e. The fourth-order valence-electron chi connectivity index (χ4n) is 4.04. The molecule has 0 aliphatic heterocycles. The molecule has 2 atom stereocenters. The number of pyridine rings is 1. The van der Waals surface area contributed by atoms with Gasteiger partial charge in [0.15, 0.2) is 0 Å². The molecule has 1 N–H and O–H groups in total. The fraction of sp³-hybridized carbons (Fsp3) is 0.565. The molecular formula is C23H32N2O3. The zero-order valence-electron chi connectivity index (χ0n) is 17.5. The number of nitrogens with one attached hydrogen (secondary N) is 1. The second kappa shape index (κ2) is 8.91. The first kappa shape index (κ1) is 20.6. The van der Waals surface area contributed by atoms with Crippen molar-refractivity contribution >= 4 is 22.5 Å². The minimum atomic E-state index is -0.741. The summed E-state index contributed by atoms with van der Waals surface area (Å²) < 4.78 is 12.1. The van der Waals surface area contributed by atoms with Crippen LogP contribution < -0.4 is 10.1 Å². The molecule has 152 valence electrons. The topological polar surface area (TPSA) is 60.5 Å². The summed E-state index contributed by atoms with van der Waals surface area (Å²) in [4.78, 5) is 17.8. The first-order valence-electron chi connectivity index (χ1n) is 10.4. The van der Waals surface area contributed by atoms with E-state index in [1.54, 1.807) is 6.20 Å². The molecule has 5 heteroatoms. The minimum absolute atomic E-state index is 0.0461. The summed E-state index contributed by atoms with van der Waals surface area (Å²) in [6, 6.07) is 7.63. The first-order chi connectivity index (χ1) is 13.4. The van der Waals surface area contributed by atoms with Crippen LogP contribution in [0.3, 0.4) is 0 Å². The van der Waals surface area contributed by atoms with Crippen LogP contribution in [0.2, 0.25) is 0 Å². The predicted octanol–water partition coefficient (Wildman–Crippen LogP) is 5.34. The van der Waals surface area contributed by atoms with Crippen molar-refractivity contribution in [3.8, 4) is 5.75 Å². The van der Waals surface area contributed by atoms with Crippen LogP contribution in [0.1, 0.15) is 59.8 Å². The van der Waals surface area contributed by atoms with Crippen LogP contribution in [0.25, 0.3) is 10.9 Å². The van der Waals surface area contributed by atoms with E-state index >= 15 is 0 Å². The lowest BCUT2D eigenvalue weighted by molar-refractivity contribution is -0.148. The summed E-state index contributed by atoms with van der Waals surface area (Å²) in [7, 11) is 0. The van der Waals surface area contributed by atoms with E-state index in [1.165, 1.54) is 0 Å². The van der Waals surface area contributed by atoms with E-state index in [4.69, 9.17) is 9.47 Å². The van der Waals surface area contributed by atoms with Crippen LogP contribution in [-0.4, -0.2) is 29.2 Å². The van der Waals surface area contributed by atoms with E-state index in [0.717, 1.165) is 54.4 Å². The van der Waals surface area contributed by atoms with Crippen molar-refractivity contribution in [2.45, 2.75) is 71.5 Å². The van der Waals surface area contributed by atoms with Crippen LogP contribution in [0.15, 0.2) is 30.5 Å². The highest BCUT2D eigenvalue weighted by atomic mass is 16.5.